The van der Waals surface area contributed by atoms with Crippen molar-refractivity contribution in [2.45, 2.75) is 78.4 Å². The van der Waals surface area contributed by atoms with Gasteiger partial charge in [0.15, 0.2) is 0 Å². The lowest BCUT2D eigenvalue weighted by Gasteiger charge is -2.25. The van der Waals surface area contributed by atoms with Crippen molar-refractivity contribution < 1.29 is 32.2 Å². The van der Waals surface area contributed by atoms with Crippen LogP contribution in [0.1, 0.15) is 76.1 Å². The van der Waals surface area contributed by atoms with Crippen LogP contribution in [0.25, 0.3) is 11.1 Å². The van der Waals surface area contributed by atoms with E-state index in [1.165, 1.54) is 18.2 Å². The van der Waals surface area contributed by atoms with Gasteiger partial charge in [0.05, 0.1) is 19.1 Å². The second kappa shape index (κ2) is 13.3. The summed E-state index contributed by atoms with van der Waals surface area (Å²) in [6.45, 7) is 12.1. The molecule has 37 heavy (non-hydrogen) atoms. The summed E-state index contributed by atoms with van der Waals surface area (Å²) in [5.41, 5.74) is 0.502. The normalized spacial score (nSPS) is 12.1. The van der Waals surface area contributed by atoms with Crippen molar-refractivity contribution >= 4 is 12.1 Å². The van der Waals surface area contributed by atoms with Crippen molar-refractivity contribution in [1.82, 2.24) is 5.32 Å². The Labute approximate surface area is 217 Å². The Morgan fingerprint density at radius 1 is 1.08 bits per heavy atom. The van der Waals surface area contributed by atoms with Crippen LogP contribution < -0.4 is 5.32 Å². The molecule has 5 nitrogen and oxygen atoms in total. The van der Waals surface area contributed by atoms with E-state index >= 15 is 8.78 Å². The number of carbonyl (C=O) groups excluding carboxylic acids is 2. The maximum atomic E-state index is 15.3. The topological polar surface area (TPSA) is 64.6 Å². The summed E-state index contributed by atoms with van der Waals surface area (Å²) >= 11 is 0. The molecule has 0 saturated carbocycles. The number of aryl methyl sites for hydroxylation is 2. The number of amides is 1. The third-order valence-corrected chi connectivity index (χ3v) is 5.60. The van der Waals surface area contributed by atoms with Crippen LogP contribution in [0.3, 0.4) is 0 Å². The van der Waals surface area contributed by atoms with Gasteiger partial charge in [-0.1, -0.05) is 6.08 Å². The standard InChI is InChI=1S/C29H36F3NO4/c1-7-9-10-11-12-19-14-20(30)15-24(32)27(19)21-16-22(23(31)13-18(21)3)25(17-26(34)36-8-2)33-28(35)37-29(4,5)6/h7,13-16,25H,1,8-12,17H2,2-6H3,(H,33,35)/t25-/m0/s1. The number of allylic oxidation sites excluding steroid dienone is 1. The second-order valence-corrected chi connectivity index (χ2v) is 9.85. The lowest BCUT2D eigenvalue weighted by Crippen LogP contribution is -2.36. The molecule has 0 aliphatic rings. The number of rotatable bonds is 11. The van der Waals surface area contributed by atoms with Crippen LogP contribution in [0.4, 0.5) is 18.0 Å². The molecule has 2 rings (SSSR count). The molecule has 0 saturated heterocycles. The Morgan fingerprint density at radius 3 is 2.41 bits per heavy atom. The molecule has 0 unspecified atom stereocenters. The Kier molecular flexibility index (Phi) is 10.8. The summed E-state index contributed by atoms with van der Waals surface area (Å²) in [6.07, 6.45) is 3.23. The largest absolute Gasteiger partial charge is 0.466 e. The smallest absolute Gasteiger partial charge is 0.408 e. The molecular weight excluding hydrogens is 483 g/mol. The zero-order chi connectivity index (χ0) is 27.8. The van der Waals surface area contributed by atoms with Crippen molar-refractivity contribution in [3.8, 4) is 11.1 Å². The van der Waals surface area contributed by atoms with Crippen molar-refractivity contribution in [1.29, 1.82) is 0 Å². The SMILES string of the molecule is C=CCCCCc1cc(F)cc(F)c1-c1cc([C@H](CC(=O)OCC)NC(=O)OC(C)(C)C)c(F)cc1C. The molecule has 2 aromatic carbocycles. The molecule has 0 fully saturated rings. The summed E-state index contributed by atoms with van der Waals surface area (Å²) in [5.74, 6) is -2.82. The highest BCUT2D eigenvalue weighted by molar-refractivity contribution is 5.75. The van der Waals surface area contributed by atoms with Gasteiger partial charge in [0.2, 0.25) is 0 Å². The Morgan fingerprint density at radius 2 is 1.78 bits per heavy atom. The first-order valence-electron chi connectivity index (χ1n) is 12.4. The highest BCUT2D eigenvalue weighted by Crippen LogP contribution is 2.35. The fraction of sp³-hybridized carbons (Fsp3) is 0.448. The minimum Gasteiger partial charge on any atom is -0.466 e. The van der Waals surface area contributed by atoms with Crippen molar-refractivity contribution in [2.75, 3.05) is 6.61 Å². The first-order chi connectivity index (χ1) is 17.4. The zero-order valence-electron chi connectivity index (χ0n) is 22.2. The van der Waals surface area contributed by atoms with E-state index in [0.717, 1.165) is 18.9 Å². The highest BCUT2D eigenvalue weighted by atomic mass is 19.1. The molecule has 0 aliphatic carbocycles. The molecule has 1 amide bonds. The van der Waals surface area contributed by atoms with E-state index in [4.69, 9.17) is 9.47 Å². The van der Waals surface area contributed by atoms with Gasteiger partial charge in [0, 0.05) is 17.2 Å². The Hall–Kier alpha value is -3.29. The average molecular weight is 520 g/mol. The van der Waals surface area contributed by atoms with Gasteiger partial charge >= 0.3 is 12.1 Å². The molecule has 202 valence electrons. The fourth-order valence-electron chi connectivity index (χ4n) is 4.03. The molecule has 0 radical (unpaired) electrons. The number of esters is 1. The van der Waals surface area contributed by atoms with Crippen molar-refractivity contribution in [2.24, 2.45) is 0 Å². The van der Waals surface area contributed by atoms with Gasteiger partial charge in [-0.15, -0.1) is 6.58 Å². The van der Waals surface area contributed by atoms with Crippen LogP contribution in [0.2, 0.25) is 0 Å². The molecule has 1 N–H and O–H groups in total. The highest BCUT2D eigenvalue weighted by Gasteiger charge is 2.27. The lowest BCUT2D eigenvalue weighted by atomic mass is 9.89. The number of halogens is 3. The zero-order valence-corrected chi connectivity index (χ0v) is 22.2. The maximum Gasteiger partial charge on any atom is 0.408 e. The molecule has 0 aromatic heterocycles. The van der Waals surface area contributed by atoms with Gasteiger partial charge in [-0.25, -0.2) is 18.0 Å². The number of benzene rings is 2. The van der Waals surface area contributed by atoms with E-state index in [9.17, 15) is 14.0 Å². The predicted octanol–water partition coefficient (Wildman–Crippen LogP) is 7.50. The third kappa shape index (κ3) is 8.95. The van der Waals surface area contributed by atoms with Crippen molar-refractivity contribution in [3.63, 3.8) is 0 Å². The van der Waals surface area contributed by atoms with Crippen LogP contribution >= 0.6 is 0 Å². The number of carbonyl (C=O) groups is 2. The predicted molar refractivity (Wildman–Crippen MR) is 138 cm³/mol. The lowest BCUT2D eigenvalue weighted by molar-refractivity contribution is -0.143. The van der Waals surface area contributed by atoms with Crippen molar-refractivity contribution in [3.05, 3.63) is 71.1 Å². The summed E-state index contributed by atoms with van der Waals surface area (Å²) in [5, 5.41) is 2.54. The van der Waals surface area contributed by atoms with Gasteiger partial charge in [-0.3, -0.25) is 4.79 Å². The van der Waals surface area contributed by atoms with E-state index in [2.05, 4.69) is 11.9 Å². The number of alkyl carbamates (subject to hydrolysis) is 1. The minimum absolute atomic E-state index is 0.0409. The molecule has 2 aromatic rings. The number of hydrogen-bond donors (Lipinski definition) is 1. The van der Waals surface area contributed by atoms with Crippen LogP contribution in [-0.4, -0.2) is 24.3 Å². The van der Waals surface area contributed by atoms with Crippen LogP contribution in [0, 0.1) is 24.4 Å². The number of unbranched alkanes of at least 4 members (excludes halogenated alkanes) is 2. The van der Waals surface area contributed by atoms with Gasteiger partial charge in [0.1, 0.15) is 23.1 Å². The van der Waals surface area contributed by atoms with Crippen LogP contribution in [0.15, 0.2) is 36.9 Å². The minimum atomic E-state index is -1.15. The average Bonchev–Trinajstić information content (AvgIpc) is 2.76. The quantitative estimate of drug-likeness (QED) is 0.190. The number of nitrogens with one attached hydrogen (secondary N) is 1. The van der Waals surface area contributed by atoms with Crippen LogP contribution in [-0.2, 0) is 20.7 Å². The number of ether oxygens (including phenoxy) is 2. The number of hydrogen-bond acceptors (Lipinski definition) is 4. The van der Waals surface area contributed by atoms with E-state index in [1.54, 1.807) is 40.7 Å². The van der Waals surface area contributed by atoms with Gasteiger partial charge in [-0.05, 0) is 95.2 Å². The summed E-state index contributed by atoms with van der Waals surface area (Å²) in [6, 6.07) is 3.54. The Balaban J connectivity index is 2.58. The molecule has 1 atom stereocenters. The van der Waals surface area contributed by atoms with E-state index < -0.39 is 41.2 Å². The van der Waals surface area contributed by atoms with Crippen LogP contribution in [0.5, 0.6) is 0 Å². The van der Waals surface area contributed by atoms with E-state index in [1.807, 2.05) is 0 Å². The summed E-state index contributed by atoms with van der Waals surface area (Å²) in [4.78, 5) is 24.8. The first kappa shape index (κ1) is 29.9. The molecule has 0 spiro atoms. The van der Waals surface area contributed by atoms with E-state index in [0.29, 0.717) is 29.5 Å². The van der Waals surface area contributed by atoms with E-state index in [-0.39, 0.29) is 24.2 Å². The third-order valence-electron chi connectivity index (χ3n) is 5.60. The van der Waals surface area contributed by atoms with Gasteiger partial charge < -0.3 is 14.8 Å². The molecule has 8 heteroatoms. The van der Waals surface area contributed by atoms with Gasteiger partial charge in [-0.2, -0.15) is 0 Å². The molecular formula is C29H36F3NO4. The monoisotopic (exact) mass is 519 g/mol. The molecule has 0 aliphatic heterocycles. The second-order valence-electron chi connectivity index (χ2n) is 9.85. The first-order valence-corrected chi connectivity index (χ1v) is 12.4. The molecule has 0 heterocycles. The summed E-state index contributed by atoms with van der Waals surface area (Å²) < 4.78 is 54.9. The maximum absolute atomic E-state index is 15.3. The fourth-order valence-corrected chi connectivity index (χ4v) is 4.03. The Bertz CT molecular complexity index is 1130. The summed E-state index contributed by atoms with van der Waals surface area (Å²) in [7, 11) is 0. The van der Waals surface area contributed by atoms with Gasteiger partial charge in [0.25, 0.3) is 0 Å². The molecule has 0 bridgehead atoms.